The molecule has 1 aliphatic rings. The van der Waals surface area contributed by atoms with Gasteiger partial charge < -0.3 is 5.32 Å². The zero-order chi connectivity index (χ0) is 22.1. The van der Waals surface area contributed by atoms with E-state index in [1.54, 1.807) is 28.0 Å². The summed E-state index contributed by atoms with van der Waals surface area (Å²) < 4.78 is 29.5. The van der Waals surface area contributed by atoms with Gasteiger partial charge in [-0.15, -0.1) is 11.3 Å². The largest absolute Gasteiger partial charge is 0.366 e. The first-order valence-electron chi connectivity index (χ1n) is 10.5. The minimum Gasteiger partial charge on any atom is -0.366 e. The standard InChI is InChI=1S/C22H24N6O2S2/c1-16-13-25-28-20(24-15-17-4-2-8-23-14-17)12-19(26-22(16)28)18-6-9-27(10-7-18)32(29,30)21-5-3-11-31-21/h2-5,8,11-14,18,24H,6-7,9-10,15H2,1H3. The molecule has 0 amide bonds. The lowest BCUT2D eigenvalue weighted by molar-refractivity contribution is 0.317. The van der Waals surface area contributed by atoms with Crippen molar-refractivity contribution in [3.8, 4) is 0 Å². The second-order valence-corrected chi connectivity index (χ2v) is 11.1. The van der Waals surface area contributed by atoms with Crippen LogP contribution in [0.15, 0.2) is 58.5 Å². The van der Waals surface area contributed by atoms with Gasteiger partial charge >= 0.3 is 0 Å². The van der Waals surface area contributed by atoms with E-state index in [0.29, 0.717) is 23.8 Å². The van der Waals surface area contributed by atoms with E-state index in [4.69, 9.17) is 4.98 Å². The number of nitrogens with one attached hydrogen (secondary N) is 1. The topological polar surface area (TPSA) is 92.5 Å². The summed E-state index contributed by atoms with van der Waals surface area (Å²) in [5, 5.41) is 9.74. The van der Waals surface area contributed by atoms with Crippen molar-refractivity contribution >= 4 is 32.8 Å². The van der Waals surface area contributed by atoms with Gasteiger partial charge in [0.25, 0.3) is 10.0 Å². The van der Waals surface area contributed by atoms with Crippen molar-refractivity contribution < 1.29 is 8.42 Å². The van der Waals surface area contributed by atoms with E-state index in [1.165, 1.54) is 11.3 Å². The van der Waals surface area contributed by atoms with Crippen LogP contribution in [0.25, 0.3) is 5.65 Å². The number of thiophene rings is 1. The van der Waals surface area contributed by atoms with E-state index in [-0.39, 0.29) is 5.92 Å². The molecular formula is C22H24N6O2S2. The van der Waals surface area contributed by atoms with Gasteiger partial charge in [-0.05, 0) is 42.8 Å². The van der Waals surface area contributed by atoms with E-state index < -0.39 is 10.0 Å². The summed E-state index contributed by atoms with van der Waals surface area (Å²) in [5.41, 5.74) is 3.89. The van der Waals surface area contributed by atoms with Gasteiger partial charge in [-0.2, -0.15) is 13.9 Å². The second-order valence-electron chi connectivity index (χ2n) is 7.95. The van der Waals surface area contributed by atoms with Crippen molar-refractivity contribution in [3.05, 3.63) is 71.1 Å². The summed E-state index contributed by atoms with van der Waals surface area (Å²) >= 11 is 1.27. The van der Waals surface area contributed by atoms with E-state index in [2.05, 4.69) is 15.4 Å². The Bertz CT molecular complexity index is 1310. The Balaban J connectivity index is 1.37. The highest BCUT2D eigenvalue weighted by Gasteiger charge is 2.31. The normalized spacial score (nSPS) is 15.9. The van der Waals surface area contributed by atoms with Crippen molar-refractivity contribution in [2.75, 3.05) is 18.4 Å². The van der Waals surface area contributed by atoms with E-state index in [1.807, 2.05) is 42.0 Å². The highest BCUT2D eigenvalue weighted by Crippen LogP contribution is 2.32. The smallest absolute Gasteiger partial charge is 0.252 e. The molecule has 0 aliphatic carbocycles. The van der Waals surface area contributed by atoms with Crippen LogP contribution in [0.1, 0.15) is 35.6 Å². The van der Waals surface area contributed by atoms with Crippen LogP contribution >= 0.6 is 11.3 Å². The van der Waals surface area contributed by atoms with Crippen LogP contribution in [0, 0.1) is 6.92 Å². The molecule has 8 nitrogen and oxygen atoms in total. The van der Waals surface area contributed by atoms with Crippen LogP contribution < -0.4 is 5.32 Å². The molecule has 0 saturated carbocycles. The number of piperidine rings is 1. The molecule has 5 heterocycles. The van der Waals surface area contributed by atoms with Gasteiger partial charge in [0, 0.05) is 55.3 Å². The van der Waals surface area contributed by atoms with Crippen LogP contribution in [-0.4, -0.2) is 45.4 Å². The molecule has 0 spiro atoms. The summed E-state index contributed by atoms with van der Waals surface area (Å²) in [6.45, 7) is 3.62. The maximum atomic E-state index is 12.8. The average Bonchev–Trinajstić information content (AvgIpc) is 3.49. The molecule has 1 aliphatic heterocycles. The number of anilines is 1. The minimum absolute atomic E-state index is 0.197. The maximum absolute atomic E-state index is 12.8. The monoisotopic (exact) mass is 468 g/mol. The molecule has 4 aromatic rings. The van der Waals surface area contributed by atoms with Gasteiger partial charge in [0.1, 0.15) is 10.0 Å². The van der Waals surface area contributed by atoms with Gasteiger partial charge in [0.2, 0.25) is 0 Å². The van der Waals surface area contributed by atoms with Crippen molar-refractivity contribution in [2.45, 2.75) is 36.4 Å². The Morgan fingerprint density at radius 2 is 2.03 bits per heavy atom. The summed E-state index contributed by atoms with van der Waals surface area (Å²) in [6.07, 6.45) is 6.89. The molecular weight excluding hydrogens is 444 g/mol. The number of rotatable bonds is 6. The number of aromatic nitrogens is 4. The summed E-state index contributed by atoms with van der Waals surface area (Å²) in [5.74, 6) is 1.07. The fraction of sp³-hybridized carbons (Fsp3) is 0.318. The number of aryl methyl sites for hydroxylation is 1. The Labute approximate surface area is 191 Å². The van der Waals surface area contributed by atoms with Crippen molar-refractivity contribution in [2.24, 2.45) is 0 Å². The molecule has 1 saturated heterocycles. The molecule has 0 atom stereocenters. The summed E-state index contributed by atoms with van der Waals surface area (Å²) in [4.78, 5) is 9.07. The third kappa shape index (κ3) is 4.01. The third-order valence-electron chi connectivity index (χ3n) is 5.83. The average molecular weight is 469 g/mol. The van der Waals surface area contributed by atoms with Gasteiger partial charge in [-0.3, -0.25) is 4.98 Å². The minimum atomic E-state index is -3.41. The number of fused-ring (bicyclic) bond motifs is 1. The quantitative estimate of drug-likeness (QED) is 0.464. The first kappa shape index (κ1) is 21.0. The lowest BCUT2D eigenvalue weighted by Crippen LogP contribution is -2.37. The van der Waals surface area contributed by atoms with Crippen LogP contribution in [-0.2, 0) is 16.6 Å². The fourth-order valence-corrected chi connectivity index (χ4v) is 6.67. The molecule has 0 aromatic carbocycles. The van der Waals surface area contributed by atoms with Gasteiger partial charge in [-0.1, -0.05) is 12.1 Å². The molecule has 0 radical (unpaired) electrons. The summed E-state index contributed by atoms with van der Waals surface area (Å²) in [6, 6.07) is 9.43. The first-order chi connectivity index (χ1) is 15.5. The second kappa shape index (κ2) is 8.61. The Morgan fingerprint density at radius 3 is 2.75 bits per heavy atom. The van der Waals surface area contributed by atoms with Gasteiger partial charge in [0.05, 0.1) is 6.20 Å². The zero-order valence-corrected chi connectivity index (χ0v) is 19.3. The number of nitrogens with zero attached hydrogens (tertiary/aromatic N) is 5. The number of hydrogen-bond acceptors (Lipinski definition) is 7. The SMILES string of the molecule is Cc1cnn2c(NCc3cccnc3)cc(C3CCN(S(=O)(=O)c4cccs4)CC3)nc12. The predicted molar refractivity (Wildman–Crippen MR) is 124 cm³/mol. The molecule has 166 valence electrons. The highest BCUT2D eigenvalue weighted by molar-refractivity contribution is 7.91. The lowest BCUT2D eigenvalue weighted by Gasteiger charge is -2.30. The van der Waals surface area contributed by atoms with Crippen molar-refractivity contribution in [1.82, 2.24) is 23.9 Å². The van der Waals surface area contributed by atoms with Crippen LogP contribution in [0.4, 0.5) is 5.82 Å². The number of sulfonamides is 1. The Kier molecular flexibility index (Phi) is 5.66. The lowest BCUT2D eigenvalue weighted by atomic mass is 9.94. The van der Waals surface area contributed by atoms with Crippen LogP contribution in [0.5, 0.6) is 0 Å². The molecule has 0 bridgehead atoms. The van der Waals surface area contributed by atoms with Crippen LogP contribution in [0.2, 0.25) is 0 Å². The van der Waals surface area contributed by atoms with E-state index in [9.17, 15) is 8.42 Å². The third-order valence-corrected chi connectivity index (χ3v) is 9.10. The molecule has 5 rings (SSSR count). The van der Waals surface area contributed by atoms with Crippen molar-refractivity contribution in [1.29, 1.82) is 0 Å². The predicted octanol–water partition coefficient (Wildman–Crippen LogP) is 3.67. The molecule has 1 fully saturated rings. The highest BCUT2D eigenvalue weighted by atomic mass is 32.2. The zero-order valence-electron chi connectivity index (χ0n) is 17.7. The van der Waals surface area contributed by atoms with E-state index in [0.717, 1.165) is 41.1 Å². The van der Waals surface area contributed by atoms with Crippen molar-refractivity contribution in [3.63, 3.8) is 0 Å². The molecule has 4 aromatic heterocycles. The number of pyridine rings is 1. The molecule has 0 unspecified atom stereocenters. The van der Waals surface area contributed by atoms with Gasteiger partial charge in [0.15, 0.2) is 5.65 Å². The maximum Gasteiger partial charge on any atom is 0.252 e. The molecule has 1 N–H and O–H groups in total. The van der Waals surface area contributed by atoms with Gasteiger partial charge in [-0.25, -0.2) is 13.4 Å². The van der Waals surface area contributed by atoms with Crippen LogP contribution in [0.3, 0.4) is 0 Å². The fourth-order valence-electron chi connectivity index (χ4n) is 4.05. The Morgan fingerprint density at radius 1 is 1.19 bits per heavy atom. The first-order valence-corrected chi connectivity index (χ1v) is 12.9. The summed E-state index contributed by atoms with van der Waals surface area (Å²) in [7, 11) is -3.41. The number of hydrogen-bond donors (Lipinski definition) is 1. The molecule has 10 heteroatoms. The Hall–Kier alpha value is -2.82. The van der Waals surface area contributed by atoms with E-state index >= 15 is 0 Å². The molecule has 32 heavy (non-hydrogen) atoms.